The fourth-order valence-electron chi connectivity index (χ4n) is 3.01. The summed E-state index contributed by atoms with van der Waals surface area (Å²) in [5.74, 6) is -2.58. The fourth-order valence-corrected chi connectivity index (χ4v) is 3.01. The van der Waals surface area contributed by atoms with Crippen molar-refractivity contribution < 1.29 is 29.7 Å². The van der Waals surface area contributed by atoms with E-state index >= 15 is 0 Å². The van der Waals surface area contributed by atoms with Crippen LogP contribution in [0.2, 0.25) is 0 Å². The second-order valence-electron chi connectivity index (χ2n) is 5.95. The predicted molar refractivity (Wildman–Crippen MR) is 81.9 cm³/mol. The lowest BCUT2D eigenvalue weighted by Gasteiger charge is -2.35. The van der Waals surface area contributed by atoms with E-state index in [9.17, 15) is 19.5 Å². The Kier molecular flexibility index (Phi) is 7.97. The summed E-state index contributed by atoms with van der Waals surface area (Å²) in [6, 6.07) is 0. The number of nitrogens with one attached hydrogen (secondary N) is 1. The molecule has 8 heteroatoms. The Hall–Kier alpha value is -1.67. The largest absolute Gasteiger partial charge is 0.481 e. The highest BCUT2D eigenvalue weighted by molar-refractivity contribution is 5.79. The molecule has 1 rings (SSSR count). The molecule has 0 aromatic heterocycles. The van der Waals surface area contributed by atoms with Crippen LogP contribution in [0.1, 0.15) is 57.8 Å². The summed E-state index contributed by atoms with van der Waals surface area (Å²) in [6.07, 6.45) is 4.13. The first-order chi connectivity index (χ1) is 10.9. The van der Waals surface area contributed by atoms with Crippen LogP contribution in [0, 0.1) is 0 Å². The van der Waals surface area contributed by atoms with Gasteiger partial charge in [0.2, 0.25) is 0 Å². The van der Waals surface area contributed by atoms with E-state index in [1.54, 1.807) is 5.01 Å². The molecule has 0 spiro atoms. The molecular formula is C15H26N2O6. The van der Waals surface area contributed by atoms with E-state index in [4.69, 9.17) is 10.2 Å². The van der Waals surface area contributed by atoms with Crippen LogP contribution in [0.5, 0.6) is 0 Å². The number of carboxylic acid groups (broad SMARTS) is 3. The molecule has 0 unspecified atom stereocenters. The van der Waals surface area contributed by atoms with Gasteiger partial charge < -0.3 is 15.3 Å². The molecular weight excluding hydrogens is 304 g/mol. The van der Waals surface area contributed by atoms with E-state index in [0.29, 0.717) is 51.6 Å². The van der Waals surface area contributed by atoms with Gasteiger partial charge in [-0.05, 0) is 38.5 Å². The van der Waals surface area contributed by atoms with Gasteiger partial charge in [-0.15, -0.1) is 0 Å². The number of hydrogen-bond donors (Lipinski definition) is 4. The van der Waals surface area contributed by atoms with Gasteiger partial charge in [-0.25, -0.2) is 5.01 Å². The molecule has 4 N–H and O–H groups in total. The third-order valence-corrected chi connectivity index (χ3v) is 4.24. The van der Waals surface area contributed by atoms with Gasteiger partial charge in [0.25, 0.3) is 0 Å². The van der Waals surface area contributed by atoms with Crippen LogP contribution < -0.4 is 5.43 Å². The molecule has 1 heterocycles. The van der Waals surface area contributed by atoms with E-state index < -0.39 is 23.4 Å². The van der Waals surface area contributed by atoms with Crippen LogP contribution in [-0.2, 0) is 14.4 Å². The summed E-state index contributed by atoms with van der Waals surface area (Å²) >= 11 is 0. The number of hydrazine groups is 1. The average molecular weight is 330 g/mol. The lowest BCUT2D eigenvalue weighted by Crippen LogP contribution is -2.56. The van der Waals surface area contributed by atoms with Crippen LogP contribution >= 0.6 is 0 Å². The number of aliphatic carboxylic acids is 3. The SMILES string of the molecule is O=C(O)CCCCNN1CCC[C@@]1(CCCCC(=O)O)C(=O)O. The molecule has 1 saturated heterocycles. The van der Waals surface area contributed by atoms with Crippen molar-refractivity contribution in [1.29, 1.82) is 0 Å². The van der Waals surface area contributed by atoms with Gasteiger partial charge in [0, 0.05) is 25.9 Å². The monoisotopic (exact) mass is 330 g/mol. The van der Waals surface area contributed by atoms with Crippen LogP contribution in [0.3, 0.4) is 0 Å². The molecule has 0 aliphatic carbocycles. The summed E-state index contributed by atoms with van der Waals surface area (Å²) in [5, 5.41) is 28.6. The van der Waals surface area contributed by atoms with Crippen molar-refractivity contribution in [2.75, 3.05) is 13.1 Å². The first-order valence-corrected chi connectivity index (χ1v) is 8.06. The van der Waals surface area contributed by atoms with Crippen LogP contribution in [0.4, 0.5) is 0 Å². The molecule has 132 valence electrons. The summed E-state index contributed by atoms with van der Waals surface area (Å²) in [6.45, 7) is 1.17. The smallest absolute Gasteiger partial charge is 0.325 e. The first kappa shape index (κ1) is 19.4. The van der Waals surface area contributed by atoms with E-state index in [1.165, 1.54) is 0 Å². The quantitative estimate of drug-likeness (QED) is 0.394. The van der Waals surface area contributed by atoms with Crippen molar-refractivity contribution in [3.05, 3.63) is 0 Å². The fraction of sp³-hybridized carbons (Fsp3) is 0.800. The van der Waals surface area contributed by atoms with Gasteiger partial charge in [0.1, 0.15) is 5.54 Å². The summed E-state index contributed by atoms with van der Waals surface area (Å²) in [4.78, 5) is 32.8. The molecule has 0 aromatic carbocycles. The average Bonchev–Trinajstić information content (AvgIpc) is 2.87. The zero-order chi connectivity index (χ0) is 17.3. The topological polar surface area (TPSA) is 127 Å². The number of nitrogens with zero attached hydrogens (tertiary/aromatic N) is 1. The zero-order valence-electron chi connectivity index (χ0n) is 13.3. The molecule has 0 aromatic rings. The first-order valence-electron chi connectivity index (χ1n) is 8.06. The van der Waals surface area contributed by atoms with Gasteiger partial charge in [0.05, 0.1) is 0 Å². The van der Waals surface area contributed by atoms with Gasteiger partial charge in [-0.2, -0.15) is 0 Å². The van der Waals surface area contributed by atoms with Crippen molar-refractivity contribution in [2.24, 2.45) is 0 Å². The predicted octanol–water partition coefficient (Wildman–Crippen LogP) is 1.31. The van der Waals surface area contributed by atoms with E-state index in [1.807, 2.05) is 0 Å². The molecule has 0 radical (unpaired) electrons. The van der Waals surface area contributed by atoms with Crippen molar-refractivity contribution in [1.82, 2.24) is 10.4 Å². The number of hydrogen-bond acceptors (Lipinski definition) is 5. The third-order valence-electron chi connectivity index (χ3n) is 4.24. The molecule has 8 nitrogen and oxygen atoms in total. The Morgan fingerprint density at radius 2 is 1.57 bits per heavy atom. The molecule has 1 aliphatic rings. The highest BCUT2D eigenvalue weighted by atomic mass is 16.4. The van der Waals surface area contributed by atoms with Crippen molar-refractivity contribution in [2.45, 2.75) is 63.3 Å². The second kappa shape index (κ2) is 9.46. The summed E-state index contributed by atoms with van der Waals surface area (Å²) < 4.78 is 0. The van der Waals surface area contributed by atoms with Crippen molar-refractivity contribution in [3.63, 3.8) is 0 Å². The Morgan fingerprint density at radius 1 is 0.957 bits per heavy atom. The minimum atomic E-state index is -0.981. The number of rotatable bonds is 12. The van der Waals surface area contributed by atoms with Crippen LogP contribution in [0.25, 0.3) is 0 Å². The standard InChI is InChI=1S/C15H26N2O6/c18-12(19)6-1-3-8-15(14(22)23)9-5-11-17(15)16-10-4-2-7-13(20)21/h16H,1-11H2,(H,18,19)(H,20,21)(H,22,23)/t15-/m0/s1. The number of unbranched alkanes of at least 4 members (excludes halogenated alkanes) is 2. The lowest BCUT2D eigenvalue weighted by molar-refractivity contribution is -0.152. The van der Waals surface area contributed by atoms with Crippen molar-refractivity contribution >= 4 is 17.9 Å². The Morgan fingerprint density at radius 3 is 2.13 bits per heavy atom. The Labute approximate surface area is 135 Å². The highest BCUT2D eigenvalue weighted by Gasteiger charge is 2.47. The maximum absolute atomic E-state index is 11.8. The van der Waals surface area contributed by atoms with E-state index in [-0.39, 0.29) is 12.8 Å². The normalized spacial score (nSPS) is 21.4. The number of carboxylic acids is 3. The van der Waals surface area contributed by atoms with Gasteiger partial charge in [-0.3, -0.25) is 19.8 Å². The third kappa shape index (κ3) is 6.15. The molecule has 1 atom stereocenters. The minimum absolute atomic E-state index is 0.0539. The van der Waals surface area contributed by atoms with E-state index in [2.05, 4.69) is 5.43 Å². The maximum atomic E-state index is 11.8. The van der Waals surface area contributed by atoms with Gasteiger partial charge >= 0.3 is 17.9 Å². The molecule has 1 fully saturated rings. The number of carbonyl (C=O) groups is 3. The maximum Gasteiger partial charge on any atom is 0.325 e. The summed E-state index contributed by atoms with van der Waals surface area (Å²) in [5.41, 5.74) is 2.14. The van der Waals surface area contributed by atoms with Crippen molar-refractivity contribution in [3.8, 4) is 0 Å². The zero-order valence-corrected chi connectivity index (χ0v) is 13.3. The Bertz CT molecular complexity index is 428. The molecule has 0 bridgehead atoms. The second-order valence-corrected chi connectivity index (χ2v) is 5.95. The lowest BCUT2D eigenvalue weighted by atomic mass is 9.90. The summed E-state index contributed by atoms with van der Waals surface area (Å²) in [7, 11) is 0. The van der Waals surface area contributed by atoms with E-state index in [0.717, 1.165) is 6.42 Å². The highest BCUT2D eigenvalue weighted by Crippen LogP contribution is 2.33. The minimum Gasteiger partial charge on any atom is -0.481 e. The molecule has 23 heavy (non-hydrogen) atoms. The van der Waals surface area contributed by atoms with Crippen LogP contribution in [0.15, 0.2) is 0 Å². The Balaban J connectivity index is 2.46. The van der Waals surface area contributed by atoms with Gasteiger partial charge in [-0.1, -0.05) is 6.42 Å². The molecule has 1 aliphatic heterocycles. The van der Waals surface area contributed by atoms with Gasteiger partial charge in [0.15, 0.2) is 0 Å². The van der Waals surface area contributed by atoms with Crippen LogP contribution in [-0.4, -0.2) is 56.9 Å². The molecule has 0 saturated carbocycles. The molecule has 0 amide bonds.